The van der Waals surface area contributed by atoms with Crippen LogP contribution in [0.5, 0.6) is 0 Å². The molecule has 72 valence electrons. The van der Waals surface area contributed by atoms with E-state index >= 15 is 0 Å². The first-order valence-corrected chi connectivity index (χ1v) is 4.19. The molecule has 0 saturated carbocycles. The maximum atomic E-state index is 13.1. The molecule has 0 saturated heterocycles. The molecule has 0 radical (unpaired) electrons. The number of rotatable bonds is 2. The lowest BCUT2D eigenvalue weighted by molar-refractivity contribution is 0.0947. The fourth-order valence-electron chi connectivity index (χ4n) is 0.860. The van der Waals surface area contributed by atoms with Gasteiger partial charge >= 0.3 is 0 Å². The molecule has 0 spiro atoms. The average Bonchev–Trinajstić information content (AvgIpc) is 2.15. The third kappa shape index (κ3) is 2.06. The standard InChI is InChI=1S/C9H6ClFN2O/c1-5(3-12)9(14)8-7(11)2-6(10)4-13-8/h2,4-5H,1H3. The highest BCUT2D eigenvalue weighted by molar-refractivity contribution is 6.30. The zero-order chi connectivity index (χ0) is 10.7. The van der Waals surface area contributed by atoms with E-state index in [2.05, 4.69) is 4.98 Å². The molecule has 0 N–H and O–H groups in total. The van der Waals surface area contributed by atoms with Crippen molar-refractivity contribution in [2.24, 2.45) is 5.92 Å². The second kappa shape index (κ2) is 4.16. The minimum atomic E-state index is -0.904. The van der Waals surface area contributed by atoms with Crippen molar-refractivity contribution in [1.29, 1.82) is 5.26 Å². The van der Waals surface area contributed by atoms with Crippen LogP contribution in [0.15, 0.2) is 12.3 Å². The van der Waals surface area contributed by atoms with E-state index in [1.807, 2.05) is 0 Å². The second-order valence-electron chi connectivity index (χ2n) is 2.70. The molecule has 0 aliphatic heterocycles. The van der Waals surface area contributed by atoms with Crippen LogP contribution >= 0.6 is 11.6 Å². The van der Waals surface area contributed by atoms with E-state index in [1.165, 1.54) is 13.1 Å². The Kier molecular flexibility index (Phi) is 3.15. The molecule has 1 atom stereocenters. The predicted molar refractivity (Wildman–Crippen MR) is 48.3 cm³/mol. The summed E-state index contributed by atoms with van der Waals surface area (Å²) < 4.78 is 13.1. The topological polar surface area (TPSA) is 53.8 Å². The molecule has 3 nitrogen and oxygen atoms in total. The van der Waals surface area contributed by atoms with Crippen LogP contribution in [0.1, 0.15) is 17.4 Å². The summed E-state index contributed by atoms with van der Waals surface area (Å²) in [5, 5.41) is 8.58. The number of hydrogen-bond acceptors (Lipinski definition) is 3. The summed E-state index contributed by atoms with van der Waals surface area (Å²) in [5.74, 6) is -2.34. The van der Waals surface area contributed by atoms with Crippen LogP contribution in [0, 0.1) is 23.1 Å². The number of pyridine rings is 1. The highest BCUT2D eigenvalue weighted by atomic mass is 35.5. The summed E-state index contributed by atoms with van der Waals surface area (Å²) >= 11 is 5.46. The molecule has 1 aromatic heterocycles. The fourth-order valence-corrected chi connectivity index (χ4v) is 1.00. The van der Waals surface area contributed by atoms with E-state index in [-0.39, 0.29) is 10.7 Å². The van der Waals surface area contributed by atoms with Gasteiger partial charge < -0.3 is 0 Å². The molecular weight excluding hydrogens is 207 g/mol. The van der Waals surface area contributed by atoms with Gasteiger partial charge in [-0.1, -0.05) is 11.6 Å². The summed E-state index contributed by atoms with van der Waals surface area (Å²) in [7, 11) is 0. The van der Waals surface area contributed by atoms with Crippen molar-refractivity contribution in [3.8, 4) is 6.07 Å². The van der Waals surface area contributed by atoms with Gasteiger partial charge in [-0.3, -0.25) is 4.79 Å². The van der Waals surface area contributed by atoms with Gasteiger partial charge in [0.2, 0.25) is 5.78 Å². The first kappa shape index (κ1) is 10.6. The van der Waals surface area contributed by atoms with E-state index in [4.69, 9.17) is 16.9 Å². The minimum absolute atomic E-state index is 0.115. The third-order valence-electron chi connectivity index (χ3n) is 1.63. The van der Waals surface area contributed by atoms with Crippen molar-refractivity contribution in [3.63, 3.8) is 0 Å². The highest BCUT2D eigenvalue weighted by Crippen LogP contribution is 2.14. The lowest BCUT2D eigenvalue weighted by atomic mass is 10.1. The molecule has 0 aliphatic carbocycles. The minimum Gasteiger partial charge on any atom is -0.291 e. The number of carbonyl (C=O) groups is 1. The summed E-state index contributed by atoms with van der Waals surface area (Å²) in [5.41, 5.74) is -0.344. The Morgan fingerprint density at radius 3 is 2.93 bits per heavy atom. The van der Waals surface area contributed by atoms with Crippen LogP contribution in [-0.4, -0.2) is 10.8 Å². The Morgan fingerprint density at radius 2 is 2.43 bits per heavy atom. The number of aromatic nitrogens is 1. The number of nitriles is 1. The Hall–Kier alpha value is -1.47. The van der Waals surface area contributed by atoms with Crippen molar-refractivity contribution < 1.29 is 9.18 Å². The molecular formula is C9H6ClFN2O. The maximum absolute atomic E-state index is 13.1. The average molecular weight is 213 g/mol. The van der Waals surface area contributed by atoms with Gasteiger partial charge in [-0.15, -0.1) is 0 Å². The summed E-state index contributed by atoms with van der Waals surface area (Å²) in [6.45, 7) is 1.39. The quantitative estimate of drug-likeness (QED) is 0.707. The van der Waals surface area contributed by atoms with Gasteiger partial charge in [0.15, 0.2) is 5.82 Å². The van der Waals surface area contributed by atoms with Crippen LogP contribution in [0.2, 0.25) is 5.02 Å². The number of hydrogen-bond donors (Lipinski definition) is 0. The van der Waals surface area contributed by atoms with Crippen molar-refractivity contribution in [2.45, 2.75) is 6.92 Å². The van der Waals surface area contributed by atoms with Gasteiger partial charge in [-0.2, -0.15) is 5.26 Å². The summed E-state index contributed by atoms with van der Waals surface area (Å²) in [6, 6.07) is 2.71. The molecule has 0 amide bonds. The van der Waals surface area contributed by atoms with Gasteiger partial charge in [0, 0.05) is 6.20 Å². The maximum Gasteiger partial charge on any atom is 0.200 e. The fraction of sp³-hybridized carbons (Fsp3) is 0.222. The summed E-state index contributed by atoms with van der Waals surface area (Å²) in [4.78, 5) is 14.9. The normalized spacial score (nSPS) is 11.9. The Bertz CT molecular complexity index is 414. The molecule has 0 fully saturated rings. The van der Waals surface area contributed by atoms with Crippen LogP contribution in [0.3, 0.4) is 0 Å². The van der Waals surface area contributed by atoms with Crippen molar-refractivity contribution in [2.75, 3.05) is 0 Å². The second-order valence-corrected chi connectivity index (χ2v) is 3.14. The van der Waals surface area contributed by atoms with E-state index < -0.39 is 17.5 Å². The summed E-state index contributed by atoms with van der Waals surface area (Å²) in [6.07, 6.45) is 1.17. The molecule has 14 heavy (non-hydrogen) atoms. The van der Waals surface area contributed by atoms with Crippen molar-refractivity contribution >= 4 is 17.4 Å². The van der Waals surface area contributed by atoms with Crippen LogP contribution in [0.4, 0.5) is 4.39 Å². The lowest BCUT2D eigenvalue weighted by Crippen LogP contribution is -2.13. The van der Waals surface area contributed by atoms with Gasteiger partial charge in [0.25, 0.3) is 0 Å². The van der Waals surface area contributed by atoms with Gasteiger partial charge in [-0.25, -0.2) is 9.37 Å². The molecule has 0 aromatic carbocycles. The van der Waals surface area contributed by atoms with Crippen molar-refractivity contribution in [3.05, 3.63) is 28.8 Å². The Balaban J connectivity index is 3.09. The first-order valence-electron chi connectivity index (χ1n) is 3.81. The number of ketones is 1. The molecule has 1 aromatic rings. The van der Waals surface area contributed by atoms with E-state index in [0.29, 0.717) is 0 Å². The zero-order valence-electron chi connectivity index (χ0n) is 7.29. The number of carbonyl (C=O) groups excluding carboxylic acids is 1. The SMILES string of the molecule is CC(C#N)C(=O)c1ncc(Cl)cc1F. The van der Waals surface area contributed by atoms with Crippen LogP contribution < -0.4 is 0 Å². The Labute approximate surface area is 85.1 Å². The van der Waals surface area contributed by atoms with Crippen molar-refractivity contribution in [1.82, 2.24) is 4.98 Å². The van der Waals surface area contributed by atoms with Gasteiger partial charge in [0.05, 0.1) is 11.1 Å². The number of Topliss-reactive ketones (excluding diaryl/α,β-unsaturated/α-hetero) is 1. The molecule has 0 aliphatic rings. The monoisotopic (exact) mass is 212 g/mol. The van der Waals surface area contributed by atoms with Gasteiger partial charge in [0.1, 0.15) is 11.6 Å². The van der Waals surface area contributed by atoms with Crippen LogP contribution in [-0.2, 0) is 0 Å². The molecule has 1 heterocycles. The first-order chi connectivity index (χ1) is 6.56. The smallest absolute Gasteiger partial charge is 0.200 e. The molecule has 1 unspecified atom stereocenters. The zero-order valence-corrected chi connectivity index (χ0v) is 8.05. The van der Waals surface area contributed by atoms with Gasteiger partial charge in [-0.05, 0) is 13.0 Å². The highest BCUT2D eigenvalue weighted by Gasteiger charge is 2.19. The third-order valence-corrected chi connectivity index (χ3v) is 1.83. The Morgan fingerprint density at radius 1 is 1.79 bits per heavy atom. The lowest BCUT2D eigenvalue weighted by Gasteiger charge is -2.02. The largest absolute Gasteiger partial charge is 0.291 e. The molecule has 1 rings (SSSR count). The van der Waals surface area contributed by atoms with E-state index in [1.54, 1.807) is 6.07 Å². The molecule has 0 bridgehead atoms. The molecule has 5 heteroatoms. The predicted octanol–water partition coefficient (Wildman–Crippen LogP) is 2.22. The number of nitrogens with zero attached hydrogens (tertiary/aromatic N) is 2. The van der Waals surface area contributed by atoms with E-state index in [0.717, 1.165) is 6.07 Å². The van der Waals surface area contributed by atoms with E-state index in [9.17, 15) is 9.18 Å². The van der Waals surface area contributed by atoms with Crippen LogP contribution in [0.25, 0.3) is 0 Å². The number of halogens is 2.